The first-order valence-electron chi connectivity index (χ1n) is 8.99. The number of aromatic nitrogens is 2. The van der Waals surface area contributed by atoms with Crippen LogP contribution in [0, 0.1) is 19.3 Å². The zero-order chi connectivity index (χ0) is 18.2. The third-order valence-electron chi connectivity index (χ3n) is 5.64. The normalized spacial score (nSPS) is 23.8. The van der Waals surface area contributed by atoms with Gasteiger partial charge in [0.2, 0.25) is 5.91 Å². The number of carbonyl (C=O) groups excluding carboxylic acids is 1. The Morgan fingerprint density at radius 2 is 2.04 bits per heavy atom. The lowest BCUT2D eigenvalue weighted by molar-refractivity contribution is -0.134. The van der Waals surface area contributed by atoms with Crippen molar-refractivity contribution in [2.45, 2.75) is 45.6 Å². The van der Waals surface area contributed by atoms with Crippen LogP contribution in [0.25, 0.3) is 0 Å². The molecule has 1 atom stereocenters. The second-order valence-corrected chi connectivity index (χ2v) is 7.83. The quantitative estimate of drug-likeness (QED) is 0.799. The van der Waals surface area contributed by atoms with E-state index in [1.54, 1.807) is 13.8 Å². The van der Waals surface area contributed by atoms with Gasteiger partial charge in [0.15, 0.2) is 0 Å². The first-order valence-corrected chi connectivity index (χ1v) is 8.99. The van der Waals surface area contributed by atoms with E-state index >= 15 is 0 Å². The molecule has 2 aliphatic heterocycles. The van der Waals surface area contributed by atoms with Crippen LogP contribution >= 0.6 is 0 Å². The second-order valence-electron chi connectivity index (χ2n) is 7.83. The Hall–Kier alpha value is -1.73. The largest absolute Gasteiger partial charge is 0.392 e. The van der Waals surface area contributed by atoms with Gasteiger partial charge in [0.25, 0.3) is 5.56 Å². The molecule has 7 heteroatoms. The predicted octanol–water partition coefficient (Wildman–Crippen LogP) is 0.234. The van der Waals surface area contributed by atoms with Gasteiger partial charge >= 0.3 is 0 Å². The molecular formula is C18H28N4O3. The number of carbonyl (C=O) groups is 1. The van der Waals surface area contributed by atoms with Crippen molar-refractivity contribution in [3.05, 3.63) is 27.4 Å². The molecule has 0 aromatic carbocycles. The van der Waals surface area contributed by atoms with Crippen LogP contribution < -0.4 is 5.56 Å². The molecule has 1 spiro atoms. The van der Waals surface area contributed by atoms with E-state index in [2.05, 4.69) is 14.9 Å². The molecular weight excluding hydrogens is 320 g/mol. The number of aromatic amines is 1. The molecule has 1 amide bonds. The number of nitrogens with zero attached hydrogens (tertiary/aromatic N) is 3. The molecule has 1 aromatic rings. The van der Waals surface area contributed by atoms with Gasteiger partial charge in [-0.2, -0.15) is 0 Å². The lowest BCUT2D eigenvalue weighted by Gasteiger charge is -2.48. The van der Waals surface area contributed by atoms with E-state index in [1.807, 2.05) is 11.9 Å². The Morgan fingerprint density at radius 1 is 1.36 bits per heavy atom. The molecule has 25 heavy (non-hydrogen) atoms. The second kappa shape index (κ2) is 6.88. The van der Waals surface area contributed by atoms with Gasteiger partial charge in [0.05, 0.1) is 12.5 Å². The summed E-state index contributed by atoms with van der Waals surface area (Å²) in [5.41, 5.74) is 0.981. The lowest BCUT2D eigenvalue weighted by atomic mass is 9.71. The Morgan fingerprint density at radius 3 is 2.64 bits per heavy atom. The summed E-state index contributed by atoms with van der Waals surface area (Å²) < 4.78 is 0. The number of β-amino-alcohol motifs (C(OH)–C–C–N with tert-alkyl or cyclic N) is 1. The highest BCUT2D eigenvalue weighted by Crippen LogP contribution is 2.39. The molecule has 3 rings (SSSR count). The molecule has 0 aliphatic carbocycles. The van der Waals surface area contributed by atoms with Crippen molar-refractivity contribution in [1.29, 1.82) is 0 Å². The highest BCUT2D eigenvalue weighted by atomic mass is 16.3. The fourth-order valence-electron chi connectivity index (χ4n) is 4.44. The number of nitrogens with one attached hydrogen (secondary N) is 1. The number of likely N-dealkylation sites (tertiary alicyclic amines) is 2. The molecule has 1 aromatic heterocycles. The minimum absolute atomic E-state index is 0.0150. The SMILES string of the molecule is Cc1nc(C)c(CC(=O)N2CCC3(CC2)CC(O)CN(C)C3)c(=O)[nH]1. The number of aryl methyl sites for hydroxylation is 2. The van der Waals surface area contributed by atoms with E-state index < -0.39 is 0 Å². The summed E-state index contributed by atoms with van der Waals surface area (Å²) in [6.45, 7) is 6.60. The average Bonchev–Trinajstić information content (AvgIpc) is 2.50. The average molecular weight is 348 g/mol. The standard InChI is InChI=1S/C18H28N4O3/c1-12-15(17(25)20-13(2)19-12)8-16(24)22-6-4-18(5-7-22)9-14(23)10-21(3)11-18/h14,23H,4-11H2,1-3H3,(H,19,20,25). The van der Waals surface area contributed by atoms with Crippen LogP contribution in [-0.2, 0) is 11.2 Å². The molecule has 3 heterocycles. The molecule has 7 nitrogen and oxygen atoms in total. The lowest BCUT2D eigenvalue weighted by Crippen LogP contribution is -2.53. The number of piperidine rings is 2. The molecule has 2 fully saturated rings. The van der Waals surface area contributed by atoms with Crippen LogP contribution in [0.5, 0.6) is 0 Å². The van der Waals surface area contributed by atoms with Gasteiger partial charge in [0.1, 0.15) is 5.82 Å². The van der Waals surface area contributed by atoms with Crippen LogP contribution in [-0.4, -0.2) is 70.1 Å². The highest BCUT2D eigenvalue weighted by Gasteiger charge is 2.41. The molecule has 2 N–H and O–H groups in total. The minimum atomic E-state index is -0.277. The van der Waals surface area contributed by atoms with Crippen molar-refractivity contribution in [3.8, 4) is 0 Å². The first kappa shape index (κ1) is 18.1. The molecule has 2 aliphatic rings. The summed E-state index contributed by atoms with van der Waals surface area (Å²) in [5.74, 6) is 0.553. The van der Waals surface area contributed by atoms with Crippen LogP contribution in [0.2, 0.25) is 0 Å². The van der Waals surface area contributed by atoms with Gasteiger partial charge in [-0.05, 0) is 45.6 Å². The number of rotatable bonds is 2. The van der Waals surface area contributed by atoms with Gasteiger partial charge < -0.3 is 19.9 Å². The smallest absolute Gasteiger partial charge is 0.254 e. The van der Waals surface area contributed by atoms with E-state index in [9.17, 15) is 14.7 Å². The van der Waals surface area contributed by atoms with Gasteiger partial charge in [-0.25, -0.2) is 4.98 Å². The Balaban J connectivity index is 1.63. The van der Waals surface area contributed by atoms with Crippen molar-refractivity contribution in [2.75, 3.05) is 33.2 Å². The van der Waals surface area contributed by atoms with Crippen molar-refractivity contribution < 1.29 is 9.90 Å². The number of aliphatic hydroxyl groups excluding tert-OH is 1. The van der Waals surface area contributed by atoms with Crippen LogP contribution in [0.3, 0.4) is 0 Å². The predicted molar refractivity (Wildman–Crippen MR) is 94.4 cm³/mol. The Bertz CT molecular complexity index is 695. The fraction of sp³-hybridized carbons (Fsp3) is 0.722. The van der Waals surface area contributed by atoms with Crippen molar-refractivity contribution in [3.63, 3.8) is 0 Å². The highest BCUT2D eigenvalue weighted by molar-refractivity contribution is 5.79. The van der Waals surface area contributed by atoms with Crippen molar-refractivity contribution >= 4 is 5.91 Å². The number of hydrogen-bond acceptors (Lipinski definition) is 5. The van der Waals surface area contributed by atoms with E-state index in [1.165, 1.54) is 0 Å². The van der Waals surface area contributed by atoms with Gasteiger partial charge in [-0.15, -0.1) is 0 Å². The first-order chi connectivity index (χ1) is 11.8. The zero-order valence-electron chi connectivity index (χ0n) is 15.3. The van der Waals surface area contributed by atoms with Crippen molar-refractivity contribution in [1.82, 2.24) is 19.8 Å². The van der Waals surface area contributed by atoms with Gasteiger partial charge in [-0.3, -0.25) is 9.59 Å². The molecule has 0 bridgehead atoms. The molecule has 2 saturated heterocycles. The topological polar surface area (TPSA) is 89.5 Å². The van der Waals surface area contributed by atoms with Crippen LogP contribution in [0.15, 0.2) is 4.79 Å². The maximum Gasteiger partial charge on any atom is 0.254 e. The summed E-state index contributed by atoms with van der Waals surface area (Å²) >= 11 is 0. The zero-order valence-corrected chi connectivity index (χ0v) is 15.3. The van der Waals surface area contributed by atoms with Crippen molar-refractivity contribution in [2.24, 2.45) is 5.41 Å². The number of H-pyrrole nitrogens is 1. The summed E-state index contributed by atoms with van der Waals surface area (Å²) in [5, 5.41) is 10.1. The van der Waals surface area contributed by atoms with E-state index in [0.717, 1.165) is 32.4 Å². The molecule has 0 saturated carbocycles. The van der Waals surface area contributed by atoms with Gasteiger partial charge in [0, 0.05) is 37.4 Å². The number of amides is 1. The maximum absolute atomic E-state index is 12.6. The Kier molecular flexibility index (Phi) is 4.97. The summed E-state index contributed by atoms with van der Waals surface area (Å²) in [6.07, 6.45) is 2.45. The van der Waals surface area contributed by atoms with Crippen LogP contribution in [0.4, 0.5) is 0 Å². The van der Waals surface area contributed by atoms with Crippen LogP contribution in [0.1, 0.15) is 36.3 Å². The molecule has 0 radical (unpaired) electrons. The summed E-state index contributed by atoms with van der Waals surface area (Å²) in [6, 6.07) is 0. The maximum atomic E-state index is 12.6. The van der Waals surface area contributed by atoms with E-state index in [0.29, 0.717) is 30.2 Å². The molecule has 138 valence electrons. The Labute approximate surface area is 148 Å². The number of aliphatic hydroxyl groups is 1. The molecule has 1 unspecified atom stereocenters. The third kappa shape index (κ3) is 3.93. The number of hydrogen-bond donors (Lipinski definition) is 2. The van der Waals surface area contributed by atoms with Gasteiger partial charge in [-0.1, -0.05) is 0 Å². The third-order valence-corrected chi connectivity index (χ3v) is 5.64. The van der Waals surface area contributed by atoms with E-state index in [-0.39, 0.29) is 29.4 Å². The van der Waals surface area contributed by atoms with E-state index in [4.69, 9.17) is 0 Å². The monoisotopic (exact) mass is 348 g/mol. The summed E-state index contributed by atoms with van der Waals surface area (Å²) in [7, 11) is 2.04. The summed E-state index contributed by atoms with van der Waals surface area (Å²) in [4.78, 5) is 35.7. The minimum Gasteiger partial charge on any atom is -0.392 e. The number of likely N-dealkylation sites (N-methyl/N-ethyl adjacent to an activating group) is 1. The fourth-order valence-corrected chi connectivity index (χ4v) is 4.44.